The highest BCUT2D eigenvalue weighted by Gasteiger charge is 2.15. The first kappa shape index (κ1) is 12.1. The summed E-state index contributed by atoms with van der Waals surface area (Å²) in [7, 11) is 1.57. The fraction of sp³-hybridized carbons (Fsp3) is 0.250. The van der Waals surface area contributed by atoms with Crippen molar-refractivity contribution in [3.05, 3.63) is 35.9 Å². The Morgan fingerprint density at radius 3 is 2.89 bits per heavy atom. The highest BCUT2D eigenvalue weighted by molar-refractivity contribution is 5.83. The van der Waals surface area contributed by atoms with Gasteiger partial charge in [0.2, 0.25) is 0 Å². The molecule has 0 unspecified atom stereocenters. The lowest BCUT2D eigenvalue weighted by Gasteiger charge is -2.06. The van der Waals surface area contributed by atoms with Crippen molar-refractivity contribution in [3.8, 4) is 11.4 Å². The topological polar surface area (TPSA) is 77.2 Å². The molecule has 0 radical (unpaired) electrons. The molecule has 1 aromatic carbocycles. The minimum absolute atomic E-state index is 0.199. The molecule has 1 N–H and O–H groups in total. The van der Waals surface area contributed by atoms with Crippen molar-refractivity contribution < 1.29 is 14.6 Å². The monoisotopic (exact) mass is 247 g/mol. The molecule has 0 aliphatic heterocycles. The van der Waals surface area contributed by atoms with Crippen LogP contribution in [-0.2, 0) is 6.42 Å². The summed E-state index contributed by atoms with van der Waals surface area (Å²) in [5, 5.41) is 12.9. The van der Waals surface area contributed by atoms with E-state index in [0.29, 0.717) is 18.0 Å². The highest BCUT2D eigenvalue weighted by atomic mass is 16.5. The van der Waals surface area contributed by atoms with Crippen molar-refractivity contribution in [2.24, 2.45) is 0 Å². The highest BCUT2D eigenvalue weighted by Crippen LogP contribution is 2.17. The number of benzene rings is 1. The minimum Gasteiger partial charge on any atom is -0.497 e. The summed E-state index contributed by atoms with van der Waals surface area (Å²) in [5.41, 5.74) is 0.728. The average molecular weight is 247 g/mol. The molecule has 0 atom stereocenters. The van der Waals surface area contributed by atoms with Gasteiger partial charge in [-0.25, -0.2) is 14.5 Å². The van der Waals surface area contributed by atoms with Crippen LogP contribution in [-0.4, -0.2) is 33.0 Å². The van der Waals surface area contributed by atoms with Crippen molar-refractivity contribution in [3.63, 3.8) is 0 Å². The summed E-state index contributed by atoms with van der Waals surface area (Å²) in [6.45, 7) is 1.90. The molecule has 0 saturated heterocycles. The van der Waals surface area contributed by atoms with Gasteiger partial charge in [-0.1, -0.05) is 13.0 Å². The Labute approximate surface area is 104 Å². The third-order valence-corrected chi connectivity index (χ3v) is 2.48. The molecule has 0 saturated carbocycles. The second kappa shape index (κ2) is 4.87. The summed E-state index contributed by atoms with van der Waals surface area (Å²) in [6, 6.07) is 7.22. The van der Waals surface area contributed by atoms with Gasteiger partial charge in [-0.05, 0) is 12.1 Å². The van der Waals surface area contributed by atoms with E-state index in [0.717, 1.165) is 5.69 Å². The quantitative estimate of drug-likeness (QED) is 0.886. The first-order chi connectivity index (χ1) is 8.65. The van der Waals surface area contributed by atoms with Gasteiger partial charge < -0.3 is 9.84 Å². The molecule has 0 spiro atoms. The smallest absolute Gasteiger partial charge is 0.375 e. The molecule has 0 amide bonds. The van der Waals surface area contributed by atoms with Crippen LogP contribution in [0.5, 0.6) is 5.75 Å². The third kappa shape index (κ3) is 2.17. The predicted octanol–water partition coefficient (Wildman–Crippen LogP) is 1.54. The molecule has 2 rings (SSSR count). The van der Waals surface area contributed by atoms with E-state index in [1.54, 1.807) is 13.2 Å². The van der Waals surface area contributed by atoms with Gasteiger partial charge in [0.15, 0.2) is 0 Å². The SMILES string of the molecule is CCc1nc(C(=O)O)nn1-c1cccc(OC)c1. The van der Waals surface area contributed by atoms with E-state index in [9.17, 15) is 4.79 Å². The largest absolute Gasteiger partial charge is 0.497 e. The van der Waals surface area contributed by atoms with Gasteiger partial charge in [-0.3, -0.25) is 0 Å². The number of rotatable bonds is 4. The number of carbonyl (C=O) groups is 1. The number of aryl methyl sites for hydroxylation is 1. The Bertz CT molecular complexity index is 578. The maximum atomic E-state index is 10.9. The van der Waals surface area contributed by atoms with Gasteiger partial charge in [0.25, 0.3) is 5.82 Å². The maximum Gasteiger partial charge on any atom is 0.375 e. The van der Waals surface area contributed by atoms with E-state index >= 15 is 0 Å². The molecule has 2 aromatic rings. The second-order valence-corrected chi connectivity index (χ2v) is 3.62. The van der Waals surface area contributed by atoms with E-state index in [-0.39, 0.29) is 5.82 Å². The van der Waals surface area contributed by atoms with Gasteiger partial charge in [-0.15, -0.1) is 5.10 Å². The Kier molecular flexibility index (Phi) is 3.27. The zero-order valence-corrected chi connectivity index (χ0v) is 10.1. The molecular weight excluding hydrogens is 234 g/mol. The number of aromatic carboxylic acids is 1. The predicted molar refractivity (Wildman–Crippen MR) is 64.2 cm³/mol. The van der Waals surface area contributed by atoms with Crippen LogP contribution in [0, 0.1) is 0 Å². The van der Waals surface area contributed by atoms with Gasteiger partial charge in [-0.2, -0.15) is 0 Å². The Hall–Kier alpha value is -2.37. The summed E-state index contributed by atoms with van der Waals surface area (Å²) < 4.78 is 6.65. The first-order valence-corrected chi connectivity index (χ1v) is 5.49. The minimum atomic E-state index is -1.13. The van der Waals surface area contributed by atoms with E-state index in [2.05, 4.69) is 10.1 Å². The molecule has 0 aliphatic carbocycles. The number of nitrogens with zero attached hydrogens (tertiary/aromatic N) is 3. The van der Waals surface area contributed by atoms with Gasteiger partial charge in [0, 0.05) is 12.5 Å². The molecule has 0 aliphatic rings. The van der Waals surface area contributed by atoms with Crippen LogP contribution in [0.15, 0.2) is 24.3 Å². The lowest BCUT2D eigenvalue weighted by molar-refractivity contribution is 0.0683. The summed E-state index contributed by atoms with van der Waals surface area (Å²) in [5.74, 6) is -0.0522. The zero-order valence-electron chi connectivity index (χ0n) is 10.1. The van der Waals surface area contributed by atoms with Gasteiger partial charge in [0.05, 0.1) is 12.8 Å². The van der Waals surface area contributed by atoms with Crippen molar-refractivity contribution in [1.29, 1.82) is 0 Å². The van der Waals surface area contributed by atoms with E-state index in [1.807, 2.05) is 25.1 Å². The lowest BCUT2D eigenvalue weighted by atomic mass is 10.3. The van der Waals surface area contributed by atoms with Gasteiger partial charge >= 0.3 is 5.97 Å². The van der Waals surface area contributed by atoms with Crippen LogP contribution >= 0.6 is 0 Å². The van der Waals surface area contributed by atoms with Crippen LogP contribution in [0.3, 0.4) is 0 Å². The molecule has 0 bridgehead atoms. The molecule has 6 heteroatoms. The number of carboxylic acids is 1. The van der Waals surface area contributed by atoms with E-state index < -0.39 is 5.97 Å². The number of hydrogen-bond donors (Lipinski definition) is 1. The number of aromatic nitrogens is 3. The molecule has 0 fully saturated rings. The van der Waals surface area contributed by atoms with E-state index in [4.69, 9.17) is 9.84 Å². The number of methoxy groups -OCH3 is 1. The van der Waals surface area contributed by atoms with Crippen molar-refractivity contribution in [2.45, 2.75) is 13.3 Å². The first-order valence-electron chi connectivity index (χ1n) is 5.49. The molecule has 94 valence electrons. The van der Waals surface area contributed by atoms with Crippen LogP contribution < -0.4 is 4.74 Å². The summed E-state index contributed by atoms with van der Waals surface area (Å²) in [6.07, 6.45) is 0.595. The maximum absolute atomic E-state index is 10.9. The lowest BCUT2D eigenvalue weighted by Crippen LogP contribution is -2.03. The van der Waals surface area contributed by atoms with Crippen LogP contribution in [0.2, 0.25) is 0 Å². The molecule has 1 heterocycles. The van der Waals surface area contributed by atoms with Crippen molar-refractivity contribution in [2.75, 3.05) is 7.11 Å². The molecule has 18 heavy (non-hydrogen) atoms. The van der Waals surface area contributed by atoms with Crippen LogP contribution in [0.4, 0.5) is 0 Å². The molecular formula is C12H13N3O3. The number of carboxylic acid groups (broad SMARTS) is 1. The van der Waals surface area contributed by atoms with Crippen LogP contribution in [0.25, 0.3) is 5.69 Å². The Morgan fingerprint density at radius 2 is 2.28 bits per heavy atom. The van der Waals surface area contributed by atoms with E-state index in [1.165, 1.54) is 4.68 Å². The number of hydrogen-bond acceptors (Lipinski definition) is 4. The van der Waals surface area contributed by atoms with Crippen LogP contribution in [0.1, 0.15) is 23.4 Å². The van der Waals surface area contributed by atoms with Crippen molar-refractivity contribution in [1.82, 2.24) is 14.8 Å². The fourth-order valence-corrected chi connectivity index (χ4v) is 1.61. The standard InChI is InChI=1S/C12H13N3O3/c1-3-10-13-11(12(16)17)14-15(10)8-5-4-6-9(7-8)18-2/h4-7H,3H2,1-2H3,(H,16,17). The van der Waals surface area contributed by atoms with Crippen molar-refractivity contribution >= 4 is 5.97 Å². The fourth-order valence-electron chi connectivity index (χ4n) is 1.61. The Balaban J connectivity index is 2.51. The van der Waals surface area contributed by atoms with Gasteiger partial charge in [0.1, 0.15) is 11.6 Å². The average Bonchev–Trinajstić information content (AvgIpc) is 2.83. The Morgan fingerprint density at radius 1 is 1.50 bits per heavy atom. The molecule has 1 aromatic heterocycles. The summed E-state index contributed by atoms with van der Waals surface area (Å²) in [4.78, 5) is 14.8. The normalized spacial score (nSPS) is 10.3. The third-order valence-electron chi connectivity index (χ3n) is 2.48. The summed E-state index contributed by atoms with van der Waals surface area (Å²) >= 11 is 0. The number of ether oxygens (including phenoxy) is 1. The molecule has 6 nitrogen and oxygen atoms in total. The zero-order chi connectivity index (χ0) is 13.1. The second-order valence-electron chi connectivity index (χ2n) is 3.62.